The maximum atomic E-state index is 11.8. The Kier molecular flexibility index (Phi) is 3.83. The van der Waals surface area contributed by atoms with Crippen molar-refractivity contribution in [3.63, 3.8) is 0 Å². The number of hydrogen-bond acceptors (Lipinski definition) is 3. The van der Waals surface area contributed by atoms with E-state index in [9.17, 15) is 9.90 Å². The predicted molar refractivity (Wildman–Crippen MR) is 69.3 cm³/mol. The summed E-state index contributed by atoms with van der Waals surface area (Å²) in [7, 11) is 1.38. The molecule has 2 aliphatic rings. The number of fused-ring (bicyclic) bond motifs is 1. The van der Waals surface area contributed by atoms with Crippen molar-refractivity contribution in [2.45, 2.75) is 38.6 Å². The first-order chi connectivity index (χ1) is 8.52. The number of ether oxygens (including phenoxy) is 1. The van der Waals surface area contributed by atoms with E-state index in [2.05, 4.69) is 13.5 Å². The molecular weight excluding hydrogens is 230 g/mol. The highest BCUT2D eigenvalue weighted by Gasteiger charge is 2.41. The summed E-state index contributed by atoms with van der Waals surface area (Å²) in [5.41, 5.74) is 0. The van der Waals surface area contributed by atoms with E-state index in [1.54, 1.807) is 4.90 Å². The molecule has 102 valence electrons. The smallest absolute Gasteiger partial charge is 0.410 e. The first-order valence-corrected chi connectivity index (χ1v) is 6.75. The molecule has 1 aliphatic heterocycles. The van der Waals surface area contributed by atoms with E-state index in [1.807, 2.05) is 0 Å². The van der Waals surface area contributed by atoms with Crippen LogP contribution in [0.3, 0.4) is 0 Å². The monoisotopic (exact) mass is 253 g/mol. The predicted octanol–water partition coefficient (Wildman–Crippen LogP) is 2.95. The van der Waals surface area contributed by atoms with Crippen molar-refractivity contribution in [1.29, 1.82) is 0 Å². The number of amides is 1. The molecular formula is C14H23NO3. The molecule has 2 fully saturated rings. The van der Waals surface area contributed by atoms with E-state index >= 15 is 0 Å². The van der Waals surface area contributed by atoms with Crippen molar-refractivity contribution in [3.05, 3.63) is 12.3 Å². The Bertz CT molecular complexity index is 342. The molecule has 1 unspecified atom stereocenters. The van der Waals surface area contributed by atoms with Crippen LogP contribution in [0.2, 0.25) is 0 Å². The topological polar surface area (TPSA) is 49.8 Å². The standard InChI is InChI=1S/C14H23NO3/c1-9-4-5-11-8-15(14(17)18-3)13(10(2)16)7-12(11)6-9/h9,11-13,16H,2,4-8H2,1,3H3/t9?,11-,12+,13-/m0/s1. The Hall–Kier alpha value is -1.19. The average Bonchev–Trinajstić information content (AvgIpc) is 2.36. The van der Waals surface area contributed by atoms with Gasteiger partial charge in [-0.05, 0) is 37.0 Å². The average molecular weight is 253 g/mol. The van der Waals surface area contributed by atoms with Crippen LogP contribution in [0.5, 0.6) is 0 Å². The van der Waals surface area contributed by atoms with Gasteiger partial charge in [-0.25, -0.2) is 4.79 Å². The Morgan fingerprint density at radius 3 is 2.67 bits per heavy atom. The van der Waals surface area contributed by atoms with E-state index < -0.39 is 0 Å². The fourth-order valence-electron chi connectivity index (χ4n) is 3.52. The molecule has 1 N–H and O–H groups in total. The Labute approximate surface area is 109 Å². The summed E-state index contributed by atoms with van der Waals surface area (Å²) in [6.07, 6.45) is 4.07. The number of rotatable bonds is 1. The van der Waals surface area contributed by atoms with E-state index in [4.69, 9.17) is 4.74 Å². The molecule has 4 nitrogen and oxygen atoms in total. The summed E-state index contributed by atoms with van der Waals surface area (Å²) < 4.78 is 4.81. The second-order valence-corrected chi connectivity index (χ2v) is 5.80. The van der Waals surface area contributed by atoms with Gasteiger partial charge in [-0.1, -0.05) is 19.9 Å². The summed E-state index contributed by atoms with van der Waals surface area (Å²) >= 11 is 0. The van der Waals surface area contributed by atoms with E-state index in [1.165, 1.54) is 26.4 Å². The fourth-order valence-corrected chi connectivity index (χ4v) is 3.52. The number of aliphatic hydroxyl groups is 1. The highest BCUT2D eigenvalue weighted by Crippen LogP contribution is 2.41. The van der Waals surface area contributed by atoms with Gasteiger partial charge in [0.25, 0.3) is 0 Å². The normalized spacial score (nSPS) is 35.8. The zero-order valence-electron chi connectivity index (χ0n) is 11.3. The molecule has 0 spiro atoms. The molecule has 2 rings (SSSR count). The zero-order valence-corrected chi connectivity index (χ0v) is 11.3. The van der Waals surface area contributed by atoms with E-state index in [0.29, 0.717) is 18.4 Å². The molecule has 18 heavy (non-hydrogen) atoms. The number of carbonyl (C=O) groups is 1. The second kappa shape index (κ2) is 5.21. The Morgan fingerprint density at radius 2 is 2.06 bits per heavy atom. The van der Waals surface area contributed by atoms with Gasteiger partial charge in [-0.2, -0.15) is 0 Å². The zero-order chi connectivity index (χ0) is 13.3. The quantitative estimate of drug-likeness (QED) is 0.731. The largest absolute Gasteiger partial charge is 0.511 e. The summed E-state index contributed by atoms with van der Waals surface area (Å²) in [5.74, 6) is 1.99. The minimum atomic E-state index is -0.354. The Balaban J connectivity index is 2.13. The number of hydrogen-bond donors (Lipinski definition) is 1. The van der Waals surface area contributed by atoms with Gasteiger partial charge in [-0.15, -0.1) is 0 Å². The summed E-state index contributed by atoms with van der Waals surface area (Å²) in [6.45, 7) is 6.58. The molecule has 0 aromatic rings. The highest BCUT2D eigenvalue weighted by atomic mass is 16.5. The van der Waals surface area contributed by atoms with Crippen molar-refractivity contribution in [2.75, 3.05) is 13.7 Å². The number of methoxy groups -OCH3 is 1. The first kappa shape index (κ1) is 13.2. The summed E-state index contributed by atoms with van der Waals surface area (Å²) in [6, 6.07) is -0.274. The van der Waals surface area contributed by atoms with Gasteiger partial charge in [0.2, 0.25) is 0 Å². The lowest BCUT2D eigenvalue weighted by molar-refractivity contribution is 0.0226. The van der Waals surface area contributed by atoms with E-state index in [0.717, 1.165) is 12.3 Å². The SMILES string of the molecule is C=C(O)[C@@H]1C[C@H]2CC(C)CC[C@H]2CN1C(=O)OC. The first-order valence-electron chi connectivity index (χ1n) is 6.75. The van der Waals surface area contributed by atoms with Crippen LogP contribution in [-0.2, 0) is 4.74 Å². The molecule has 0 aromatic carbocycles. The third-order valence-electron chi connectivity index (χ3n) is 4.53. The van der Waals surface area contributed by atoms with Gasteiger partial charge in [0.15, 0.2) is 0 Å². The molecule has 0 radical (unpaired) electrons. The maximum Gasteiger partial charge on any atom is 0.410 e. The number of nitrogens with zero attached hydrogens (tertiary/aromatic N) is 1. The molecule has 1 heterocycles. The molecule has 4 atom stereocenters. The van der Waals surface area contributed by atoms with Gasteiger partial charge in [-0.3, -0.25) is 4.90 Å². The summed E-state index contributed by atoms with van der Waals surface area (Å²) in [4.78, 5) is 13.4. The Morgan fingerprint density at radius 1 is 1.33 bits per heavy atom. The lowest BCUT2D eigenvalue weighted by Crippen LogP contribution is -2.52. The van der Waals surface area contributed by atoms with Crippen LogP contribution in [-0.4, -0.2) is 35.8 Å². The van der Waals surface area contributed by atoms with E-state index in [-0.39, 0.29) is 17.9 Å². The number of likely N-dealkylation sites (tertiary alicyclic amines) is 1. The van der Waals surface area contributed by atoms with Gasteiger partial charge in [0.1, 0.15) is 5.76 Å². The number of carbonyl (C=O) groups excluding carboxylic acids is 1. The third kappa shape index (κ3) is 2.47. The van der Waals surface area contributed by atoms with Crippen molar-refractivity contribution in [1.82, 2.24) is 4.90 Å². The van der Waals surface area contributed by atoms with Crippen LogP contribution in [0.1, 0.15) is 32.6 Å². The highest BCUT2D eigenvalue weighted by molar-refractivity contribution is 5.68. The molecule has 4 heteroatoms. The van der Waals surface area contributed by atoms with Crippen LogP contribution in [0.4, 0.5) is 4.79 Å². The van der Waals surface area contributed by atoms with Crippen molar-refractivity contribution < 1.29 is 14.6 Å². The van der Waals surface area contributed by atoms with Crippen molar-refractivity contribution in [3.8, 4) is 0 Å². The van der Waals surface area contributed by atoms with Gasteiger partial charge in [0, 0.05) is 6.54 Å². The molecule has 1 aliphatic carbocycles. The minimum absolute atomic E-state index is 0.0806. The van der Waals surface area contributed by atoms with Crippen LogP contribution in [0.25, 0.3) is 0 Å². The van der Waals surface area contributed by atoms with Crippen molar-refractivity contribution >= 4 is 6.09 Å². The molecule has 0 bridgehead atoms. The van der Waals surface area contributed by atoms with Crippen LogP contribution < -0.4 is 0 Å². The molecule has 1 saturated carbocycles. The van der Waals surface area contributed by atoms with Crippen molar-refractivity contribution in [2.24, 2.45) is 17.8 Å². The van der Waals surface area contributed by atoms with Gasteiger partial charge in [0.05, 0.1) is 13.2 Å². The molecule has 1 amide bonds. The van der Waals surface area contributed by atoms with Gasteiger partial charge < -0.3 is 9.84 Å². The molecule has 0 aromatic heterocycles. The minimum Gasteiger partial charge on any atom is -0.511 e. The summed E-state index contributed by atoms with van der Waals surface area (Å²) in [5, 5.41) is 9.70. The van der Waals surface area contributed by atoms with Crippen LogP contribution in [0.15, 0.2) is 12.3 Å². The van der Waals surface area contributed by atoms with Crippen LogP contribution >= 0.6 is 0 Å². The second-order valence-electron chi connectivity index (χ2n) is 5.80. The van der Waals surface area contributed by atoms with Crippen LogP contribution in [0, 0.1) is 17.8 Å². The molecule has 1 saturated heterocycles. The van der Waals surface area contributed by atoms with Gasteiger partial charge >= 0.3 is 6.09 Å². The third-order valence-corrected chi connectivity index (χ3v) is 4.53. The maximum absolute atomic E-state index is 11.8. The number of piperidine rings is 1. The number of aliphatic hydroxyl groups excluding tert-OH is 1. The lowest BCUT2D eigenvalue weighted by Gasteiger charge is -2.46. The fraction of sp³-hybridized carbons (Fsp3) is 0.786. The lowest BCUT2D eigenvalue weighted by atomic mass is 9.69.